The second-order valence-electron chi connectivity index (χ2n) is 8.25. The van der Waals surface area contributed by atoms with E-state index in [9.17, 15) is 5.11 Å². The van der Waals surface area contributed by atoms with Crippen LogP contribution in [0.5, 0.6) is 0 Å². The summed E-state index contributed by atoms with van der Waals surface area (Å²) in [4.78, 5) is 7.11. The summed E-state index contributed by atoms with van der Waals surface area (Å²) < 4.78 is 11.0. The molecule has 0 radical (unpaired) electrons. The number of nitrogens with one attached hydrogen (secondary N) is 2. The molecule has 3 N–H and O–H groups in total. The van der Waals surface area contributed by atoms with Gasteiger partial charge in [-0.2, -0.15) is 0 Å². The molecule has 0 aliphatic carbocycles. The summed E-state index contributed by atoms with van der Waals surface area (Å²) in [5.41, 5.74) is 0. The summed E-state index contributed by atoms with van der Waals surface area (Å²) in [6.45, 7) is 13.7. The number of guanidine groups is 1. The van der Waals surface area contributed by atoms with Gasteiger partial charge < -0.3 is 30.1 Å². The Balaban J connectivity index is 1.68. The van der Waals surface area contributed by atoms with Gasteiger partial charge in [0, 0.05) is 45.4 Å². The highest BCUT2D eigenvalue weighted by Crippen LogP contribution is 2.17. The van der Waals surface area contributed by atoms with Crippen LogP contribution >= 0.6 is 0 Å². The maximum Gasteiger partial charge on any atom is 0.191 e. The molecule has 2 heterocycles. The van der Waals surface area contributed by atoms with Gasteiger partial charge >= 0.3 is 0 Å². The summed E-state index contributed by atoms with van der Waals surface area (Å²) in [6.07, 6.45) is 2.89. The van der Waals surface area contributed by atoms with Crippen molar-refractivity contribution >= 4 is 5.96 Å². The van der Waals surface area contributed by atoms with E-state index in [1.807, 2.05) is 0 Å². The van der Waals surface area contributed by atoms with Crippen molar-refractivity contribution in [1.82, 2.24) is 15.5 Å². The van der Waals surface area contributed by atoms with Gasteiger partial charge in [-0.3, -0.25) is 4.99 Å². The molecule has 2 rings (SSSR count). The van der Waals surface area contributed by atoms with E-state index >= 15 is 0 Å². The molecule has 2 aliphatic heterocycles. The second kappa shape index (κ2) is 12.5. The molecule has 0 bridgehead atoms. The smallest absolute Gasteiger partial charge is 0.191 e. The number of hydrogen-bond acceptors (Lipinski definition) is 5. The second-order valence-corrected chi connectivity index (χ2v) is 8.25. The molecule has 0 aromatic heterocycles. The van der Waals surface area contributed by atoms with Crippen molar-refractivity contribution in [3.63, 3.8) is 0 Å². The zero-order valence-corrected chi connectivity index (χ0v) is 17.5. The Morgan fingerprint density at radius 3 is 2.67 bits per heavy atom. The van der Waals surface area contributed by atoms with Crippen LogP contribution in [0.2, 0.25) is 0 Å². The number of hydrogen-bond donors (Lipinski definition) is 3. The van der Waals surface area contributed by atoms with Gasteiger partial charge in [-0.15, -0.1) is 0 Å². The van der Waals surface area contributed by atoms with Gasteiger partial charge in [-0.1, -0.05) is 13.8 Å². The quantitative estimate of drug-likeness (QED) is 0.386. The lowest BCUT2D eigenvalue weighted by Crippen LogP contribution is -2.49. The Morgan fingerprint density at radius 1 is 1.26 bits per heavy atom. The van der Waals surface area contributed by atoms with Crippen LogP contribution in [0.4, 0.5) is 0 Å². The van der Waals surface area contributed by atoms with E-state index in [-0.39, 0.29) is 0 Å². The van der Waals surface area contributed by atoms with Crippen LogP contribution in [0.3, 0.4) is 0 Å². The molecule has 158 valence electrons. The minimum atomic E-state index is -0.560. The highest BCUT2D eigenvalue weighted by atomic mass is 16.5. The monoisotopic (exact) mass is 384 g/mol. The molecule has 2 saturated heterocycles. The summed E-state index contributed by atoms with van der Waals surface area (Å²) in [7, 11) is 0. The van der Waals surface area contributed by atoms with Gasteiger partial charge in [0.05, 0.1) is 25.9 Å². The average molecular weight is 385 g/mol. The zero-order chi connectivity index (χ0) is 19.5. The Hall–Kier alpha value is -0.890. The minimum absolute atomic E-state index is 0.338. The van der Waals surface area contributed by atoms with Crippen molar-refractivity contribution < 1.29 is 14.6 Å². The highest BCUT2D eigenvalue weighted by Gasteiger charge is 2.24. The van der Waals surface area contributed by atoms with Gasteiger partial charge in [0.25, 0.3) is 0 Å². The third kappa shape index (κ3) is 9.23. The first-order valence-electron chi connectivity index (χ1n) is 10.7. The molecule has 0 saturated carbocycles. The summed E-state index contributed by atoms with van der Waals surface area (Å²) in [5, 5.41) is 16.9. The van der Waals surface area contributed by atoms with Crippen LogP contribution in [0.1, 0.15) is 40.0 Å². The molecule has 7 nitrogen and oxygen atoms in total. The zero-order valence-electron chi connectivity index (χ0n) is 17.5. The summed E-state index contributed by atoms with van der Waals surface area (Å²) in [5.74, 6) is 1.99. The molecule has 0 aromatic carbocycles. The van der Waals surface area contributed by atoms with Crippen LogP contribution < -0.4 is 10.6 Å². The number of aliphatic hydroxyl groups excluding tert-OH is 1. The van der Waals surface area contributed by atoms with Gasteiger partial charge in [-0.05, 0) is 38.0 Å². The van der Waals surface area contributed by atoms with Crippen LogP contribution in [-0.4, -0.2) is 87.3 Å². The average Bonchev–Trinajstić information content (AvgIpc) is 3.14. The topological polar surface area (TPSA) is 78.4 Å². The van der Waals surface area contributed by atoms with Gasteiger partial charge in [0.2, 0.25) is 0 Å². The number of likely N-dealkylation sites (tertiary alicyclic amines) is 1. The third-order valence-electron chi connectivity index (χ3n) is 5.03. The molecule has 27 heavy (non-hydrogen) atoms. The Bertz CT molecular complexity index is 419. The van der Waals surface area contributed by atoms with E-state index in [0.29, 0.717) is 37.6 Å². The SMILES string of the molecule is CCNC(=NCC(O)COCC(C)C)NC1CCN(CC2CCOC2)CC1. The minimum Gasteiger partial charge on any atom is -0.389 e. The van der Waals surface area contributed by atoms with Crippen LogP contribution in [0, 0.1) is 11.8 Å². The van der Waals surface area contributed by atoms with Crippen molar-refractivity contribution in [2.24, 2.45) is 16.8 Å². The molecule has 2 aliphatic rings. The van der Waals surface area contributed by atoms with Crippen LogP contribution in [-0.2, 0) is 9.47 Å². The van der Waals surface area contributed by atoms with Gasteiger partial charge in [0.15, 0.2) is 5.96 Å². The van der Waals surface area contributed by atoms with E-state index in [4.69, 9.17) is 9.47 Å². The Kier molecular flexibility index (Phi) is 10.4. The van der Waals surface area contributed by atoms with Crippen molar-refractivity contribution in [1.29, 1.82) is 0 Å². The maximum atomic E-state index is 10.1. The van der Waals surface area contributed by atoms with E-state index in [2.05, 4.69) is 41.3 Å². The largest absolute Gasteiger partial charge is 0.389 e. The number of rotatable bonds is 10. The molecular weight excluding hydrogens is 344 g/mol. The molecular formula is C20H40N4O3. The first-order valence-corrected chi connectivity index (χ1v) is 10.7. The van der Waals surface area contributed by atoms with Crippen molar-refractivity contribution in [2.75, 3.05) is 59.2 Å². The Labute approximate surface area is 164 Å². The lowest BCUT2D eigenvalue weighted by atomic mass is 10.0. The number of piperidine rings is 1. The Morgan fingerprint density at radius 2 is 2.04 bits per heavy atom. The van der Waals surface area contributed by atoms with Gasteiger partial charge in [-0.25, -0.2) is 0 Å². The fourth-order valence-electron chi connectivity index (χ4n) is 3.55. The number of nitrogens with zero attached hydrogens (tertiary/aromatic N) is 2. The number of ether oxygens (including phenoxy) is 2. The fraction of sp³-hybridized carbons (Fsp3) is 0.950. The molecule has 2 fully saturated rings. The van der Waals surface area contributed by atoms with E-state index < -0.39 is 6.10 Å². The lowest BCUT2D eigenvalue weighted by Gasteiger charge is -2.34. The molecule has 0 spiro atoms. The normalized spacial score (nSPS) is 23.7. The lowest BCUT2D eigenvalue weighted by molar-refractivity contribution is 0.0301. The molecule has 7 heteroatoms. The maximum absolute atomic E-state index is 10.1. The third-order valence-corrected chi connectivity index (χ3v) is 5.03. The van der Waals surface area contributed by atoms with Crippen molar-refractivity contribution in [3.8, 4) is 0 Å². The predicted molar refractivity (Wildman–Crippen MR) is 109 cm³/mol. The molecule has 2 unspecified atom stereocenters. The first kappa shape index (κ1) is 22.4. The first-order chi connectivity index (χ1) is 13.1. The predicted octanol–water partition coefficient (Wildman–Crippen LogP) is 1.08. The fourth-order valence-corrected chi connectivity index (χ4v) is 3.55. The van der Waals surface area contributed by atoms with E-state index in [1.165, 1.54) is 13.0 Å². The molecule has 2 atom stereocenters. The van der Waals surface area contributed by atoms with Crippen LogP contribution in [0.25, 0.3) is 0 Å². The number of aliphatic imine (C=N–C) groups is 1. The van der Waals surface area contributed by atoms with E-state index in [0.717, 1.165) is 51.6 Å². The standard InChI is InChI=1S/C20H40N4O3/c1-4-21-20(22-11-19(25)15-27-13-16(2)3)23-18-5-8-24(9-6-18)12-17-7-10-26-14-17/h16-19,25H,4-15H2,1-3H3,(H2,21,22,23). The van der Waals surface area contributed by atoms with Crippen LogP contribution in [0.15, 0.2) is 4.99 Å². The summed E-state index contributed by atoms with van der Waals surface area (Å²) in [6, 6.07) is 0.438. The van der Waals surface area contributed by atoms with Crippen molar-refractivity contribution in [2.45, 2.75) is 52.2 Å². The van der Waals surface area contributed by atoms with Gasteiger partial charge in [0.1, 0.15) is 0 Å². The van der Waals surface area contributed by atoms with E-state index in [1.54, 1.807) is 0 Å². The molecule has 0 aromatic rings. The molecule has 0 amide bonds. The van der Waals surface area contributed by atoms with Crippen molar-refractivity contribution in [3.05, 3.63) is 0 Å². The highest BCUT2D eigenvalue weighted by molar-refractivity contribution is 5.80. The number of aliphatic hydroxyl groups is 1. The summed E-state index contributed by atoms with van der Waals surface area (Å²) >= 11 is 0.